The smallest absolute Gasteiger partial charge is 0.282 e. The Hall–Kier alpha value is -2.40. The van der Waals surface area contributed by atoms with Crippen molar-refractivity contribution < 1.29 is 9.42 Å². The molecule has 0 saturated heterocycles. The third-order valence-corrected chi connectivity index (χ3v) is 4.20. The van der Waals surface area contributed by atoms with E-state index in [0.29, 0.717) is 10.6 Å². The number of rotatable bonds is 2. The van der Waals surface area contributed by atoms with Crippen LogP contribution in [0.2, 0.25) is 0 Å². The van der Waals surface area contributed by atoms with Crippen molar-refractivity contribution in [3.05, 3.63) is 21.7 Å². The van der Waals surface area contributed by atoms with Gasteiger partial charge in [0.15, 0.2) is 0 Å². The van der Waals surface area contributed by atoms with Crippen LogP contribution in [0.3, 0.4) is 0 Å². The molecule has 2 aromatic heterocycles. The second-order valence-corrected chi connectivity index (χ2v) is 5.23. The van der Waals surface area contributed by atoms with Crippen LogP contribution in [0.4, 0.5) is 10.8 Å². The van der Waals surface area contributed by atoms with Crippen LogP contribution in [0.15, 0.2) is 4.63 Å². The lowest BCUT2D eigenvalue weighted by Gasteiger charge is -2.01. The van der Waals surface area contributed by atoms with Crippen LogP contribution in [0.1, 0.15) is 32.9 Å². The summed E-state index contributed by atoms with van der Waals surface area (Å²) in [6.45, 7) is 0. The zero-order chi connectivity index (χ0) is 13.4. The van der Waals surface area contributed by atoms with Crippen LogP contribution in [0.25, 0.3) is 0 Å². The first-order valence-electron chi connectivity index (χ1n) is 5.64. The predicted molar refractivity (Wildman–Crippen MR) is 67.7 cm³/mol. The van der Waals surface area contributed by atoms with E-state index in [9.17, 15) is 10.1 Å². The molecule has 0 spiro atoms. The van der Waals surface area contributed by atoms with Gasteiger partial charge in [0.05, 0.1) is 5.56 Å². The largest absolute Gasteiger partial charge is 0.379 e. The van der Waals surface area contributed by atoms with Crippen molar-refractivity contribution in [2.75, 3.05) is 11.1 Å². The molecule has 2 aromatic rings. The Morgan fingerprint density at radius 3 is 3.00 bits per heavy atom. The first kappa shape index (κ1) is 11.7. The van der Waals surface area contributed by atoms with Crippen molar-refractivity contribution in [3.8, 4) is 6.07 Å². The first-order valence-corrected chi connectivity index (χ1v) is 6.46. The van der Waals surface area contributed by atoms with Crippen LogP contribution in [-0.4, -0.2) is 16.2 Å². The summed E-state index contributed by atoms with van der Waals surface area (Å²) in [6, 6.07) is 2.15. The minimum atomic E-state index is -0.518. The van der Waals surface area contributed by atoms with E-state index in [1.165, 1.54) is 11.3 Å². The molecule has 0 unspecified atom stereocenters. The van der Waals surface area contributed by atoms with E-state index < -0.39 is 5.91 Å². The van der Waals surface area contributed by atoms with Crippen molar-refractivity contribution in [2.45, 2.75) is 19.3 Å². The molecule has 19 heavy (non-hydrogen) atoms. The molecular weight excluding hydrogens is 266 g/mol. The molecule has 2 heterocycles. The van der Waals surface area contributed by atoms with Gasteiger partial charge in [-0.15, -0.1) is 11.3 Å². The number of carbonyl (C=O) groups is 1. The average molecular weight is 275 g/mol. The number of aromatic nitrogens is 2. The van der Waals surface area contributed by atoms with Gasteiger partial charge >= 0.3 is 0 Å². The number of hydrogen-bond donors (Lipinski definition) is 2. The third kappa shape index (κ3) is 1.84. The molecule has 1 aliphatic carbocycles. The Kier molecular flexibility index (Phi) is 2.68. The number of anilines is 2. The summed E-state index contributed by atoms with van der Waals surface area (Å²) < 4.78 is 4.37. The van der Waals surface area contributed by atoms with Gasteiger partial charge in [-0.25, -0.2) is 4.63 Å². The van der Waals surface area contributed by atoms with Crippen molar-refractivity contribution in [1.29, 1.82) is 5.26 Å². The summed E-state index contributed by atoms with van der Waals surface area (Å²) in [5, 5.41) is 19.2. The molecular formula is C11H9N5O2S. The topological polar surface area (TPSA) is 118 Å². The number of thiophene rings is 1. The number of nitrogens with one attached hydrogen (secondary N) is 1. The summed E-state index contributed by atoms with van der Waals surface area (Å²) in [6.07, 6.45) is 2.90. The molecule has 7 nitrogen and oxygen atoms in total. The lowest BCUT2D eigenvalue weighted by molar-refractivity contribution is 0.101. The van der Waals surface area contributed by atoms with Crippen LogP contribution >= 0.6 is 11.3 Å². The van der Waals surface area contributed by atoms with Crippen molar-refractivity contribution >= 4 is 28.1 Å². The molecule has 8 heteroatoms. The Labute approximate surface area is 112 Å². The normalized spacial score (nSPS) is 13.0. The highest BCUT2D eigenvalue weighted by atomic mass is 32.1. The summed E-state index contributed by atoms with van der Waals surface area (Å²) in [7, 11) is 0. The van der Waals surface area contributed by atoms with Gasteiger partial charge in [-0.2, -0.15) is 5.26 Å². The molecule has 0 aromatic carbocycles. The predicted octanol–water partition coefficient (Wildman–Crippen LogP) is 1.33. The van der Waals surface area contributed by atoms with Gasteiger partial charge in [0.2, 0.25) is 11.5 Å². The second-order valence-electron chi connectivity index (χ2n) is 4.13. The molecule has 1 amide bonds. The van der Waals surface area contributed by atoms with Gasteiger partial charge in [-0.1, -0.05) is 0 Å². The third-order valence-electron chi connectivity index (χ3n) is 2.99. The number of nitriles is 1. The molecule has 0 atom stereocenters. The van der Waals surface area contributed by atoms with Crippen LogP contribution in [0.5, 0.6) is 0 Å². The fraction of sp³-hybridized carbons (Fsp3) is 0.273. The average Bonchev–Trinajstić information content (AvgIpc) is 3.04. The summed E-state index contributed by atoms with van der Waals surface area (Å²) in [5.41, 5.74) is 6.97. The highest BCUT2D eigenvalue weighted by molar-refractivity contribution is 7.16. The first-order chi connectivity index (χ1) is 9.20. The lowest BCUT2D eigenvalue weighted by Crippen LogP contribution is -2.14. The van der Waals surface area contributed by atoms with Crippen LogP contribution in [-0.2, 0) is 12.8 Å². The zero-order valence-corrected chi connectivity index (χ0v) is 10.6. The Morgan fingerprint density at radius 1 is 1.47 bits per heavy atom. The van der Waals surface area contributed by atoms with E-state index in [1.54, 1.807) is 0 Å². The van der Waals surface area contributed by atoms with E-state index in [0.717, 1.165) is 29.7 Å². The molecule has 0 bridgehead atoms. The van der Waals surface area contributed by atoms with Crippen molar-refractivity contribution in [1.82, 2.24) is 10.3 Å². The number of nitrogens with two attached hydrogens (primary N) is 1. The Bertz CT molecular complexity index is 696. The maximum Gasteiger partial charge on any atom is 0.282 e. The Balaban J connectivity index is 1.91. The fourth-order valence-electron chi connectivity index (χ4n) is 2.13. The standard InChI is InChI=1S/C11H9N5O2S/c12-4-6-5-2-1-3-7(5)19-11(6)14-10(17)8-9(13)16-18-15-8/h1-3H2,(H2,13,16)(H,14,17). The fourth-order valence-corrected chi connectivity index (χ4v) is 3.36. The van der Waals surface area contributed by atoms with Crippen molar-refractivity contribution in [2.24, 2.45) is 0 Å². The van der Waals surface area contributed by atoms with Gasteiger partial charge in [0.1, 0.15) is 11.1 Å². The molecule has 0 fully saturated rings. The number of nitrogen functional groups attached to an aromatic ring is 1. The number of hydrogen-bond acceptors (Lipinski definition) is 7. The summed E-state index contributed by atoms with van der Waals surface area (Å²) in [5.74, 6) is -0.588. The van der Waals surface area contributed by atoms with Gasteiger partial charge in [0.25, 0.3) is 5.91 Å². The molecule has 0 saturated carbocycles. The summed E-state index contributed by atoms with van der Waals surface area (Å²) in [4.78, 5) is 13.1. The monoisotopic (exact) mass is 275 g/mol. The van der Waals surface area contributed by atoms with E-state index >= 15 is 0 Å². The minimum Gasteiger partial charge on any atom is -0.379 e. The second kappa shape index (κ2) is 4.37. The maximum atomic E-state index is 11.9. The zero-order valence-electron chi connectivity index (χ0n) is 9.77. The number of amides is 1. The Morgan fingerprint density at radius 2 is 2.32 bits per heavy atom. The number of nitrogens with zero attached hydrogens (tertiary/aromatic N) is 3. The van der Waals surface area contributed by atoms with Gasteiger partial charge in [0, 0.05) is 4.88 Å². The van der Waals surface area contributed by atoms with E-state index in [2.05, 4.69) is 26.3 Å². The molecule has 1 aliphatic rings. The lowest BCUT2D eigenvalue weighted by atomic mass is 10.1. The number of aryl methyl sites for hydroxylation is 1. The summed E-state index contributed by atoms with van der Waals surface area (Å²) >= 11 is 1.43. The van der Waals surface area contributed by atoms with E-state index in [4.69, 9.17) is 5.73 Å². The van der Waals surface area contributed by atoms with Gasteiger partial charge in [-0.3, -0.25) is 4.79 Å². The number of carbonyl (C=O) groups excluding carboxylic acids is 1. The molecule has 0 aliphatic heterocycles. The number of fused-ring (bicyclic) bond motifs is 1. The van der Waals surface area contributed by atoms with Crippen molar-refractivity contribution in [3.63, 3.8) is 0 Å². The molecule has 0 radical (unpaired) electrons. The highest BCUT2D eigenvalue weighted by Crippen LogP contribution is 2.38. The van der Waals surface area contributed by atoms with Gasteiger partial charge < -0.3 is 11.1 Å². The van der Waals surface area contributed by atoms with E-state index in [1.807, 2.05) is 0 Å². The minimum absolute atomic E-state index is 0.0693. The van der Waals surface area contributed by atoms with Crippen LogP contribution < -0.4 is 11.1 Å². The van der Waals surface area contributed by atoms with Gasteiger partial charge in [-0.05, 0) is 35.1 Å². The van der Waals surface area contributed by atoms with Crippen LogP contribution in [0, 0.1) is 11.3 Å². The highest BCUT2D eigenvalue weighted by Gasteiger charge is 2.24. The maximum absolute atomic E-state index is 11.9. The molecule has 96 valence electrons. The quantitative estimate of drug-likeness (QED) is 0.853. The SMILES string of the molecule is N#Cc1c(NC(=O)c2nonc2N)sc2c1CCC2. The molecule has 3 N–H and O–H groups in total. The van der Waals surface area contributed by atoms with E-state index in [-0.39, 0.29) is 11.5 Å². The molecule has 3 rings (SSSR count).